The van der Waals surface area contributed by atoms with Crippen LogP contribution in [-0.4, -0.2) is 27.6 Å². The van der Waals surface area contributed by atoms with Crippen molar-refractivity contribution >= 4 is 27.4 Å². The van der Waals surface area contributed by atoms with Gasteiger partial charge in [-0.1, -0.05) is 0 Å². The van der Waals surface area contributed by atoms with Crippen LogP contribution < -0.4 is 5.32 Å². The Labute approximate surface area is 94.7 Å². The van der Waals surface area contributed by atoms with Crippen LogP contribution in [0.5, 0.6) is 0 Å². The smallest absolute Gasteiger partial charge is 0.180 e. The summed E-state index contributed by atoms with van der Waals surface area (Å²) < 4.78 is 14.5. The van der Waals surface area contributed by atoms with Gasteiger partial charge in [-0.05, 0) is 22.4 Å². The highest BCUT2D eigenvalue weighted by Crippen LogP contribution is 2.16. The molecule has 0 atom stereocenters. The molecule has 0 saturated carbocycles. The lowest BCUT2D eigenvalue weighted by molar-refractivity contribution is 0.481. The topological polar surface area (TPSA) is 42.2 Å². The number of aromatic nitrogens is 3. The summed E-state index contributed by atoms with van der Waals surface area (Å²) in [6.07, 6.45) is 5.83. The number of imidazole rings is 1. The zero-order valence-electron chi connectivity index (χ0n) is 7.95. The Hall–Kier alpha value is -1.17. The summed E-state index contributed by atoms with van der Waals surface area (Å²) in [6.45, 7) is 0.230. The van der Waals surface area contributed by atoms with Crippen molar-refractivity contribution < 1.29 is 4.39 Å². The minimum Gasteiger partial charge on any atom is -0.367 e. The van der Waals surface area contributed by atoms with Crippen molar-refractivity contribution in [1.29, 1.82) is 0 Å². The monoisotopic (exact) mass is 272 g/mol. The molecule has 6 heteroatoms. The quantitative estimate of drug-likeness (QED) is 0.869. The Kier molecular flexibility index (Phi) is 3.15. The second-order valence-corrected chi connectivity index (χ2v) is 3.85. The van der Waals surface area contributed by atoms with Crippen LogP contribution in [0.15, 0.2) is 23.2 Å². The molecule has 0 amide bonds. The van der Waals surface area contributed by atoms with Gasteiger partial charge in [0.1, 0.15) is 4.60 Å². The predicted octanol–water partition coefficient (Wildman–Crippen LogP) is 2.26. The van der Waals surface area contributed by atoms with Crippen molar-refractivity contribution in [2.24, 2.45) is 0 Å². The van der Waals surface area contributed by atoms with Gasteiger partial charge < -0.3 is 9.72 Å². The summed E-state index contributed by atoms with van der Waals surface area (Å²) in [5.74, 6) is 0.669. The molecule has 1 N–H and O–H groups in total. The molecule has 80 valence electrons. The van der Waals surface area contributed by atoms with E-state index in [0.29, 0.717) is 18.8 Å². The minimum absolute atomic E-state index is 0.328. The van der Waals surface area contributed by atoms with Crippen LogP contribution in [0.2, 0.25) is 0 Å². The maximum atomic E-state index is 11.9. The van der Waals surface area contributed by atoms with Crippen molar-refractivity contribution in [3.05, 3.63) is 23.2 Å². The van der Waals surface area contributed by atoms with E-state index in [2.05, 4.69) is 31.2 Å². The lowest BCUT2D eigenvalue weighted by atomic mass is 10.4. The fraction of sp³-hybridized carbons (Fsp3) is 0.333. The molecule has 0 aromatic carbocycles. The van der Waals surface area contributed by atoms with E-state index in [1.807, 2.05) is 16.8 Å². The highest BCUT2D eigenvalue weighted by Gasteiger charge is 2.04. The number of hydrogen-bond acceptors (Lipinski definition) is 3. The van der Waals surface area contributed by atoms with E-state index < -0.39 is 0 Å². The van der Waals surface area contributed by atoms with Gasteiger partial charge in [-0.2, -0.15) is 0 Å². The molecular weight excluding hydrogens is 263 g/mol. The van der Waals surface area contributed by atoms with Crippen LogP contribution in [0.3, 0.4) is 0 Å². The molecule has 0 bridgehead atoms. The van der Waals surface area contributed by atoms with Gasteiger partial charge in [-0.15, -0.1) is 0 Å². The van der Waals surface area contributed by atoms with E-state index in [4.69, 9.17) is 0 Å². The van der Waals surface area contributed by atoms with Crippen molar-refractivity contribution in [3.8, 4) is 0 Å². The molecule has 2 aromatic heterocycles. The van der Waals surface area contributed by atoms with Crippen LogP contribution >= 0.6 is 15.9 Å². The molecule has 0 aliphatic heterocycles. The normalized spacial score (nSPS) is 10.8. The van der Waals surface area contributed by atoms with Gasteiger partial charge in [0.05, 0.1) is 6.67 Å². The molecule has 2 aromatic rings. The van der Waals surface area contributed by atoms with E-state index in [9.17, 15) is 4.39 Å². The first-order valence-corrected chi connectivity index (χ1v) is 5.39. The summed E-state index contributed by atoms with van der Waals surface area (Å²) in [6, 6.07) is 0. The van der Waals surface area contributed by atoms with Gasteiger partial charge in [0.2, 0.25) is 0 Å². The molecule has 2 rings (SSSR count). The zero-order valence-corrected chi connectivity index (χ0v) is 9.54. The maximum Gasteiger partial charge on any atom is 0.180 e. The van der Waals surface area contributed by atoms with Crippen LogP contribution in [0.25, 0.3) is 5.65 Å². The summed E-state index contributed by atoms with van der Waals surface area (Å²) >= 11 is 3.30. The third-order valence-corrected chi connectivity index (χ3v) is 2.33. The SMILES string of the molecule is FCCCNc1nc(Br)cn2ccnc12. The summed E-state index contributed by atoms with van der Waals surface area (Å²) in [4.78, 5) is 8.41. The highest BCUT2D eigenvalue weighted by atomic mass is 79.9. The molecule has 0 radical (unpaired) electrons. The molecule has 15 heavy (non-hydrogen) atoms. The first-order chi connectivity index (χ1) is 7.31. The lowest BCUT2D eigenvalue weighted by Gasteiger charge is -2.06. The fourth-order valence-electron chi connectivity index (χ4n) is 1.29. The van der Waals surface area contributed by atoms with Gasteiger partial charge in [0.15, 0.2) is 11.5 Å². The number of fused-ring (bicyclic) bond motifs is 1. The molecular formula is C9H10BrFN4. The lowest BCUT2D eigenvalue weighted by Crippen LogP contribution is -2.06. The van der Waals surface area contributed by atoms with E-state index in [1.165, 1.54) is 0 Å². The van der Waals surface area contributed by atoms with Gasteiger partial charge in [-0.25, -0.2) is 9.97 Å². The van der Waals surface area contributed by atoms with Crippen molar-refractivity contribution in [1.82, 2.24) is 14.4 Å². The second-order valence-electron chi connectivity index (χ2n) is 3.04. The Morgan fingerprint density at radius 1 is 1.53 bits per heavy atom. The number of rotatable bonds is 4. The molecule has 4 nitrogen and oxygen atoms in total. The van der Waals surface area contributed by atoms with E-state index in [0.717, 1.165) is 10.3 Å². The molecule has 0 aliphatic carbocycles. The summed E-state index contributed by atoms with van der Waals surface area (Å²) in [5, 5.41) is 3.05. The van der Waals surface area contributed by atoms with E-state index in [1.54, 1.807) is 6.20 Å². The maximum absolute atomic E-state index is 11.9. The number of nitrogens with zero attached hydrogens (tertiary/aromatic N) is 3. The minimum atomic E-state index is -0.328. The number of halogens is 2. The molecule has 0 aliphatic rings. The second kappa shape index (κ2) is 4.57. The highest BCUT2D eigenvalue weighted by molar-refractivity contribution is 9.10. The average molecular weight is 273 g/mol. The fourth-order valence-corrected chi connectivity index (χ4v) is 1.69. The van der Waals surface area contributed by atoms with Crippen LogP contribution in [0, 0.1) is 0 Å². The molecule has 0 spiro atoms. The molecule has 0 saturated heterocycles. The van der Waals surface area contributed by atoms with Crippen molar-refractivity contribution in [3.63, 3.8) is 0 Å². The zero-order chi connectivity index (χ0) is 10.7. The Balaban J connectivity index is 2.27. The average Bonchev–Trinajstić information content (AvgIpc) is 2.65. The van der Waals surface area contributed by atoms with Crippen LogP contribution in [0.1, 0.15) is 6.42 Å². The Morgan fingerprint density at radius 2 is 2.40 bits per heavy atom. The van der Waals surface area contributed by atoms with E-state index in [-0.39, 0.29) is 6.67 Å². The van der Waals surface area contributed by atoms with Crippen LogP contribution in [0.4, 0.5) is 10.2 Å². The van der Waals surface area contributed by atoms with Gasteiger partial charge in [0.25, 0.3) is 0 Å². The van der Waals surface area contributed by atoms with Crippen LogP contribution in [-0.2, 0) is 0 Å². The number of alkyl halides is 1. The van der Waals surface area contributed by atoms with E-state index >= 15 is 0 Å². The van der Waals surface area contributed by atoms with Gasteiger partial charge in [0, 0.05) is 25.1 Å². The molecule has 0 fully saturated rings. The Bertz CT molecular complexity index is 456. The number of hydrogen-bond donors (Lipinski definition) is 1. The number of nitrogens with one attached hydrogen (secondary N) is 1. The number of anilines is 1. The third-order valence-electron chi connectivity index (χ3n) is 1.95. The van der Waals surface area contributed by atoms with Gasteiger partial charge in [-0.3, -0.25) is 4.39 Å². The predicted molar refractivity (Wildman–Crippen MR) is 59.8 cm³/mol. The first-order valence-electron chi connectivity index (χ1n) is 4.60. The summed E-state index contributed by atoms with van der Waals surface area (Å²) in [7, 11) is 0. The molecule has 2 heterocycles. The standard InChI is InChI=1S/C9H10BrFN4/c10-7-6-15-5-4-13-9(15)8(14-7)12-3-1-2-11/h4-6H,1-3H2,(H,12,14). The van der Waals surface area contributed by atoms with Gasteiger partial charge >= 0.3 is 0 Å². The van der Waals surface area contributed by atoms with Crippen molar-refractivity contribution in [2.75, 3.05) is 18.5 Å². The Morgan fingerprint density at radius 3 is 3.20 bits per heavy atom. The van der Waals surface area contributed by atoms with Crippen molar-refractivity contribution in [2.45, 2.75) is 6.42 Å². The molecule has 0 unspecified atom stereocenters. The largest absolute Gasteiger partial charge is 0.367 e. The summed E-state index contributed by atoms with van der Waals surface area (Å²) in [5.41, 5.74) is 0.747. The third kappa shape index (κ3) is 2.26. The first kappa shape index (κ1) is 10.4.